The third-order valence-electron chi connectivity index (χ3n) is 2.29. The summed E-state index contributed by atoms with van der Waals surface area (Å²) in [5, 5.41) is 4.15. The van der Waals surface area contributed by atoms with E-state index in [-0.39, 0.29) is 0 Å². The third-order valence-corrected chi connectivity index (χ3v) is 2.84. The first kappa shape index (κ1) is 11.9. The number of carbonyl (C=O) groups excluding carboxylic acids is 1. The molecule has 0 radical (unpaired) electrons. The standard InChI is InChI=1S/C11H10IN3O2/c1-17-11(16)8-3-2-4-9(10(8)13)15-6-7(12)5-14-15/h2-6H,13H2,1H3. The van der Waals surface area contributed by atoms with E-state index in [1.54, 1.807) is 29.1 Å². The van der Waals surface area contributed by atoms with Crippen LogP contribution in [0.1, 0.15) is 10.4 Å². The molecule has 0 amide bonds. The van der Waals surface area contributed by atoms with Crippen molar-refractivity contribution in [3.63, 3.8) is 0 Å². The first-order valence-corrected chi connectivity index (χ1v) is 5.88. The van der Waals surface area contributed by atoms with Crippen molar-refractivity contribution >= 4 is 34.2 Å². The van der Waals surface area contributed by atoms with Gasteiger partial charge in [0.25, 0.3) is 0 Å². The number of benzene rings is 1. The molecule has 0 unspecified atom stereocenters. The van der Waals surface area contributed by atoms with Gasteiger partial charge in [0.2, 0.25) is 0 Å². The lowest BCUT2D eigenvalue weighted by atomic mass is 10.1. The summed E-state index contributed by atoms with van der Waals surface area (Å²) < 4.78 is 7.28. The Hall–Kier alpha value is -1.57. The number of aromatic nitrogens is 2. The predicted molar refractivity (Wildman–Crippen MR) is 72.0 cm³/mol. The second-order valence-electron chi connectivity index (χ2n) is 3.33. The zero-order chi connectivity index (χ0) is 12.4. The Morgan fingerprint density at radius 1 is 1.53 bits per heavy atom. The summed E-state index contributed by atoms with van der Waals surface area (Å²) in [7, 11) is 1.32. The van der Waals surface area contributed by atoms with Crippen LogP contribution in [0.15, 0.2) is 30.6 Å². The molecule has 6 heteroatoms. The van der Waals surface area contributed by atoms with E-state index in [0.29, 0.717) is 16.9 Å². The highest BCUT2D eigenvalue weighted by atomic mass is 127. The summed E-state index contributed by atoms with van der Waals surface area (Å²) in [5.74, 6) is -0.453. The molecule has 1 aromatic carbocycles. The topological polar surface area (TPSA) is 70.1 Å². The Labute approximate surface area is 112 Å². The van der Waals surface area contributed by atoms with Crippen LogP contribution in [0, 0.1) is 3.57 Å². The van der Waals surface area contributed by atoms with Gasteiger partial charge in [-0.1, -0.05) is 6.07 Å². The summed E-state index contributed by atoms with van der Waals surface area (Å²) in [6.45, 7) is 0. The maximum atomic E-state index is 11.5. The van der Waals surface area contributed by atoms with E-state index >= 15 is 0 Å². The van der Waals surface area contributed by atoms with Gasteiger partial charge in [-0.3, -0.25) is 0 Å². The molecule has 0 aliphatic rings. The molecule has 0 aliphatic heterocycles. The van der Waals surface area contributed by atoms with E-state index in [1.807, 2.05) is 6.20 Å². The molecular formula is C11H10IN3O2. The van der Waals surface area contributed by atoms with Gasteiger partial charge in [0.15, 0.2) is 0 Å². The van der Waals surface area contributed by atoms with Gasteiger partial charge in [-0.05, 0) is 34.7 Å². The molecule has 2 rings (SSSR count). The van der Waals surface area contributed by atoms with Crippen molar-refractivity contribution in [2.45, 2.75) is 0 Å². The Morgan fingerprint density at radius 2 is 2.29 bits per heavy atom. The molecule has 2 N–H and O–H groups in total. The highest BCUT2D eigenvalue weighted by Crippen LogP contribution is 2.22. The smallest absolute Gasteiger partial charge is 0.340 e. The van der Waals surface area contributed by atoms with Crippen molar-refractivity contribution in [2.75, 3.05) is 12.8 Å². The molecule has 1 aromatic heterocycles. The van der Waals surface area contributed by atoms with Gasteiger partial charge < -0.3 is 10.5 Å². The number of para-hydroxylation sites is 1. The van der Waals surface area contributed by atoms with Crippen LogP contribution in [0.2, 0.25) is 0 Å². The van der Waals surface area contributed by atoms with Gasteiger partial charge in [-0.15, -0.1) is 0 Å². The number of anilines is 1. The van der Waals surface area contributed by atoms with Crippen LogP contribution >= 0.6 is 22.6 Å². The summed E-state index contributed by atoms with van der Waals surface area (Å²) in [4.78, 5) is 11.5. The van der Waals surface area contributed by atoms with Crippen LogP contribution in [-0.4, -0.2) is 22.9 Å². The quantitative estimate of drug-likeness (QED) is 0.513. The van der Waals surface area contributed by atoms with E-state index in [0.717, 1.165) is 3.57 Å². The van der Waals surface area contributed by atoms with Crippen LogP contribution in [0.4, 0.5) is 5.69 Å². The summed E-state index contributed by atoms with van der Waals surface area (Å²) in [6.07, 6.45) is 3.54. The molecule has 0 saturated carbocycles. The van der Waals surface area contributed by atoms with Gasteiger partial charge in [0.1, 0.15) is 0 Å². The van der Waals surface area contributed by atoms with Gasteiger partial charge >= 0.3 is 5.97 Å². The van der Waals surface area contributed by atoms with Crippen LogP contribution in [0.3, 0.4) is 0 Å². The van der Waals surface area contributed by atoms with E-state index in [9.17, 15) is 4.79 Å². The minimum Gasteiger partial charge on any atom is -0.465 e. The number of nitrogen functional groups attached to an aromatic ring is 1. The molecule has 0 bridgehead atoms. The fraction of sp³-hybridized carbons (Fsp3) is 0.0909. The molecule has 5 nitrogen and oxygen atoms in total. The first-order valence-electron chi connectivity index (χ1n) is 4.81. The summed E-state index contributed by atoms with van der Waals surface area (Å²) in [5.41, 5.74) is 7.30. The van der Waals surface area contributed by atoms with E-state index in [2.05, 4.69) is 32.4 Å². The number of rotatable bonds is 2. The highest BCUT2D eigenvalue weighted by molar-refractivity contribution is 14.1. The second kappa shape index (κ2) is 4.74. The molecule has 1 heterocycles. The summed E-state index contributed by atoms with van der Waals surface area (Å²) >= 11 is 2.15. The number of carbonyl (C=O) groups is 1. The lowest BCUT2D eigenvalue weighted by Gasteiger charge is -2.09. The Morgan fingerprint density at radius 3 is 2.88 bits per heavy atom. The lowest BCUT2D eigenvalue weighted by Crippen LogP contribution is -2.09. The van der Waals surface area contributed by atoms with Gasteiger partial charge in [0, 0.05) is 6.20 Å². The molecular weight excluding hydrogens is 333 g/mol. The largest absolute Gasteiger partial charge is 0.465 e. The first-order chi connectivity index (χ1) is 8.13. The van der Waals surface area contributed by atoms with Crippen molar-refractivity contribution in [1.82, 2.24) is 9.78 Å². The van der Waals surface area contributed by atoms with E-state index < -0.39 is 5.97 Å². The number of halogens is 1. The minimum absolute atomic E-state index is 0.343. The van der Waals surface area contributed by atoms with Crippen LogP contribution in [0.5, 0.6) is 0 Å². The normalized spacial score (nSPS) is 10.2. The van der Waals surface area contributed by atoms with E-state index in [1.165, 1.54) is 7.11 Å². The van der Waals surface area contributed by atoms with Gasteiger partial charge in [-0.25, -0.2) is 9.48 Å². The lowest BCUT2D eigenvalue weighted by molar-refractivity contribution is 0.0602. The number of nitrogens with two attached hydrogens (primary N) is 1. The Bertz CT molecular complexity index is 566. The van der Waals surface area contributed by atoms with Crippen LogP contribution in [0.25, 0.3) is 5.69 Å². The predicted octanol–water partition coefficient (Wildman–Crippen LogP) is 1.85. The van der Waals surface area contributed by atoms with Crippen LogP contribution in [-0.2, 0) is 4.74 Å². The fourth-order valence-electron chi connectivity index (χ4n) is 1.47. The highest BCUT2D eigenvalue weighted by Gasteiger charge is 2.14. The number of methoxy groups -OCH3 is 1. The van der Waals surface area contributed by atoms with Crippen molar-refractivity contribution in [1.29, 1.82) is 0 Å². The zero-order valence-electron chi connectivity index (χ0n) is 9.05. The molecule has 0 saturated heterocycles. The monoisotopic (exact) mass is 343 g/mol. The maximum absolute atomic E-state index is 11.5. The number of nitrogens with zero attached hydrogens (tertiary/aromatic N) is 2. The van der Waals surface area contributed by atoms with Crippen molar-refractivity contribution in [3.05, 3.63) is 39.7 Å². The van der Waals surface area contributed by atoms with Crippen molar-refractivity contribution in [3.8, 4) is 5.69 Å². The number of hydrogen-bond acceptors (Lipinski definition) is 4. The Balaban J connectivity index is 2.53. The molecule has 2 aromatic rings. The number of hydrogen-bond donors (Lipinski definition) is 1. The second-order valence-corrected chi connectivity index (χ2v) is 4.58. The molecule has 17 heavy (non-hydrogen) atoms. The average Bonchev–Trinajstić information content (AvgIpc) is 2.75. The van der Waals surface area contributed by atoms with Gasteiger partial charge in [0.05, 0.1) is 33.8 Å². The fourth-order valence-corrected chi connectivity index (χ4v) is 1.86. The van der Waals surface area contributed by atoms with Crippen LogP contribution < -0.4 is 5.73 Å². The third kappa shape index (κ3) is 2.26. The van der Waals surface area contributed by atoms with Gasteiger partial charge in [-0.2, -0.15) is 5.10 Å². The van der Waals surface area contributed by atoms with E-state index in [4.69, 9.17) is 5.73 Å². The van der Waals surface area contributed by atoms with Crippen molar-refractivity contribution in [2.24, 2.45) is 0 Å². The number of esters is 1. The maximum Gasteiger partial charge on any atom is 0.340 e. The molecule has 0 fully saturated rings. The zero-order valence-corrected chi connectivity index (χ0v) is 11.2. The Kier molecular flexibility index (Phi) is 3.32. The molecule has 0 aliphatic carbocycles. The average molecular weight is 343 g/mol. The SMILES string of the molecule is COC(=O)c1cccc(-n2cc(I)cn2)c1N. The molecule has 0 spiro atoms. The molecule has 0 atom stereocenters. The molecule has 88 valence electrons. The minimum atomic E-state index is -0.453. The number of ether oxygens (including phenoxy) is 1. The van der Waals surface area contributed by atoms with Crippen molar-refractivity contribution < 1.29 is 9.53 Å². The summed E-state index contributed by atoms with van der Waals surface area (Å²) in [6, 6.07) is 5.16.